The van der Waals surface area contributed by atoms with Crippen molar-refractivity contribution >= 4 is 0 Å². The van der Waals surface area contributed by atoms with Crippen molar-refractivity contribution in [1.82, 2.24) is 0 Å². The molecule has 0 aliphatic rings. The second kappa shape index (κ2) is 5.47. The van der Waals surface area contributed by atoms with Gasteiger partial charge in [0.1, 0.15) is 0 Å². The third-order valence-corrected chi connectivity index (χ3v) is 1.32. The molecule has 0 saturated carbocycles. The third-order valence-electron chi connectivity index (χ3n) is 1.32. The molecule has 2 heteroatoms. The van der Waals surface area contributed by atoms with E-state index in [-0.39, 0.29) is 0 Å². The number of ether oxygens (including phenoxy) is 2. The van der Waals surface area contributed by atoms with Crippen LogP contribution in [0.4, 0.5) is 0 Å². The lowest BCUT2D eigenvalue weighted by Gasteiger charge is -2.08. The van der Waals surface area contributed by atoms with Crippen LogP contribution in [-0.2, 0) is 9.47 Å². The summed E-state index contributed by atoms with van der Waals surface area (Å²) in [6.07, 6.45) is 3.68. The van der Waals surface area contributed by atoms with Crippen LogP contribution in [0.25, 0.3) is 0 Å². The number of rotatable bonds is 4. The first kappa shape index (κ1) is 10.8. The predicted octanol–water partition coefficient (Wildman–Crippen LogP) is 2.64. The summed E-state index contributed by atoms with van der Waals surface area (Å²) < 4.78 is 10.2. The molecule has 12 heavy (non-hydrogen) atoms. The number of hydrogen-bond donors (Lipinski definition) is 0. The number of methoxy groups -OCH3 is 2. The molecule has 0 aromatic carbocycles. The molecule has 0 spiro atoms. The van der Waals surface area contributed by atoms with Crippen molar-refractivity contribution in [3.8, 4) is 0 Å². The van der Waals surface area contributed by atoms with Gasteiger partial charge in [-0.3, -0.25) is 0 Å². The summed E-state index contributed by atoms with van der Waals surface area (Å²) in [5.74, 6) is 1.42. The summed E-state index contributed by atoms with van der Waals surface area (Å²) in [4.78, 5) is 0. The lowest BCUT2D eigenvalue weighted by molar-refractivity contribution is 0.219. The average Bonchev–Trinajstić information content (AvgIpc) is 2.04. The van der Waals surface area contributed by atoms with Crippen LogP contribution >= 0.6 is 0 Å². The summed E-state index contributed by atoms with van der Waals surface area (Å²) in [6, 6.07) is 0. The average molecular weight is 168 g/mol. The Labute approximate surface area is 74.2 Å². The van der Waals surface area contributed by atoms with Crippen LogP contribution in [0.3, 0.4) is 0 Å². The first-order valence-electron chi connectivity index (χ1n) is 3.77. The van der Waals surface area contributed by atoms with E-state index < -0.39 is 0 Å². The Bertz CT molecular complexity index is 212. The van der Waals surface area contributed by atoms with E-state index in [0.717, 1.165) is 11.3 Å². The Balaban J connectivity index is 4.65. The standard InChI is InChI=1S/C10H16O2/c1-6-9(11-4)10(12-5)7-8(2)3/h6-7H,2H2,1,3-5H3/b9-6+,10-7+. The number of allylic oxidation sites excluding steroid dienone is 3. The van der Waals surface area contributed by atoms with Gasteiger partial charge >= 0.3 is 0 Å². The molecule has 0 amide bonds. The van der Waals surface area contributed by atoms with Gasteiger partial charge in [0.15, 0.2) is 11.5 Å². The van der Waals surface area contributed by atoms with Gasteiger partial charge in [0, 0.05) is 0 Å². The van der Waals surface area contributed by atoms with Gasteiger partial charge in [-0.1, -0.05) is 12.2 Å². The molecule has 0 unspecified atom stereocenters. The lowest BCUT2D eigenvalue weighted by atomic mass is 10.2. The summed E-state index contributed by atoms with van der Waals surface area (Å²) in [6.45, 7) is 7.55. The summed E-state index contributed by atoms with van der Waals surface area (Å²) in [5.41, 5.74) is 0.934. The first-order chi connectivity index (χ1) is 5.65. The minimum Gasteiger partial charge on any atom is -0.493 e. The highest BCUT2D eigenvalue weighted by Crippen LogP contribution is 2.12. The van der Waals surface area contributed by atoms with Crippen LogP contribution in [0.5, 0.6) is 0 Å². The van der Waals surface area contributed by atoms with E-state index in [9.17, 15) is 0 Å². The molecule has 0 N–H and O–H groups in total. The predicted molar refractivity (Wildman–Crippen MR) is 50.7 cm³/mol. The fourth-order valence-electron chi connectivity index (χ4n) is 0.815. The summed E-state index contributed by atoms with van der Waals surface area (Å²) in [5, 5.41) is 0. The Morgan fingerprint density at radius 1 is 1.17 bits per heavy atom. The second-order valence-corrected chi connectivity index (χ2v) is 2.42. The van der Waals surface area contributed by atoms with Gasteiger partial charge in [-0.25, -0.2) is 0 Å². The first-order valence-corrected chi connectivity index (χ1v) is 3.77. The maximum Gasteiger partial charge on any atom is 0.160 e. The number of hydrogen-bond acceptors (Lipinski definition) is 2. The summed E-state index contributed by atoms with van der Waals surface area (Å²) >= 11 is 0. The largest absolute Gasteiger partial charge is 0.493 e. The Morgan fingerprint density at radius 3 is 1.92 bits per heavy atom. The van der Waals surface area contributed by atoms with Crippen LogP contribution in [0.1, 0.15) is 13.8 Å². The van der Waals surface area contributed by atoms with E-state index in [4.69, 9.17) is 9.47 Å². The highest BCUT2D eigenvalue weighted by molar-refractivity contribution is 5.27. The van der Waals surface area contributed by atoms with Gasteiger partial charge in [0.2, 0.25) is 0 Å². The maximum atomic E-state index is 5.11. The van der Waals surface area contributed by atoms with Crippen molar-refractivity contribution in [3.63, 3.8) is 0 Å². The molecule has 0 aromatic rings. The summed E-state index contributed by atoms with van der Waals surface area (Å²) in [7, 11) is 3.22. The van der Waals surface area contributed by atoms with Crippen LogP contribution in [0.15, 0.2) is 35.8 Å². The highest BCUT2D eigenvalue weighted by atomic mass is 16.5. The monoisotopic (exact) mass is 168 g/mol. The van der Waals surface area contributed by atoms with Gasteiger partial charge in [-0.2, -0.15) is 0 Å². The van der Waals surface area contributed by atoms with Crippen LogP contribution in [0.2, 0.25) is 0 Å². The van der Waals surface area contributed by atoms with E-state index in [1.54, 1.807) is 14.2 Å². The van der Waals surface area contributed by atoms with Crippen molar-refractivity contribution in [2.75, 3.05) is 14.2 Å². The van der Waals surface area contributed by atoms with Crippen LogP contribution < -0.4 is 0 Å². The molecule has 0 saturated heterocycles. The Kier molecular flexibility index (Phi) is 4.93. The fraction of sp³-hybridized carbons (Fsp3) is 0.400. The topological polar surface area (TPSA) is 18.5 Å². The van der Waals surface area contributed by atoms with E-state index in [0.29, 0.717) is 5.76 Å². The quantitative estimate of drug-likeness (QED) is 0.474. The SMILES string of the molecule is C=C(C)/C=C(OC)\C(=C/C)OC. The molecule has 0 aliphatic carbocycles. The van der Waals surface area contributed by atoms with Gasteiger partial charge in [-0.15, -0.1) is 0 Å². The smallest absolute Gasteiger partial charge is 0.160 e. The zero-order chi connectivity index (χ0) is 9.56. The zero-order valence-electron chi connectivity index (χ0n) is 8.18. The van der Waals surface area contributed by atoms with Crippen molar-refractivity contribution in [2.45, 2.75) is 13.8 Å². The van der Waals surface area contributed by atoms with Crippen molar-refractivity contribution < 1.29 is 9.47 Å². The highest BCUT2D eigenvalue weighted by Gasteiger charge is 2.02. The minimum absolute atomic E-state index is 0.701. The van der Waals surface area contributed by atoms with Gasteiger partial charge in [0.05, 0.1) is 14.2 Å². The molecule has 0 fully saturated rings. The van der Waals surface area contributed by atoms with E-state index >= 15 is 0 Å². The molecular weight excluding hydrogens is 152 g/mol. The van der Waals surface area contributed by atoms with Gasteiger partial charge in [0.25, 0.3) is 0 Å². The van der Waals surface area contributed by atoms with Crippen LogP contribution in [-0.4, -0.2) is 14.2 Å². The molecule has 0 bridgehead atoms. The molecule has 0 aromatic heterocycles. The lowest BCUT2D eigenvalue weighted by Crippen LogP contribution is -1.95. The second-order valence-electron chi connectivity index (χ2n) is 2.42. The molecule has 0 heterocycles. The van der Waals surface area contributed by atoms with Crippen molar-refractivity contribution in [1.29, 1.82) is 0 Å². The minimum atomic E-state index is 0.701. The van der Waals surface area contributed by atoms with E-state index in [1.165, 1.54) is 0 Å². The fourth-order valence-corrected chi connectivity index (χ4v) is 0.815. The zero-order valence-corrected chi connectivity index (χ0v) is 8.18. The van der Waals surface area contributed by atoms with Gasteiger partial charge < -0.3 is 9.47 Å². The Morgan fingerprint density at radius 2 is 1.67 bits per heavy atom. The molecule has 68 valence electrons. The Hall–Kier alpha value is -1.18. The molecule has 0 rings (SSSR count). The third kappa shape index (κ3) is 3.28. The molecular formula is C10H16O2. The van der Waals surface area contributed by atoms with E-state index in [2.05, 4.69) is 6.58 Å². The molecule has 2 nitrogen and oxygen atoms in total. The normalized spacial score (nSPS) is 12.7. The molecule has 0 radical (unpaired) electrons. The van der Waals surface area contributed by atoms with Crippen LogP contribution in [0, 0.1) is 0 Å². The van der Waals surface area contributed by atoms with Crippen molar-refractivity contribution in [2.24, 2.45) is 0 Å². The van der Waals surface area contributed by atoms with Gasteiger partial charge in [-0.05, 0) is 26.0 Å². The maximum absolute atomic E-state index is 5.11. The van der Waals surface area contributed by atoms with E-state index in [1.807, 2.05) is 26.0 Å². The van der Waals surface area contributed by atoms with Crippen molar-refractivity contribution in [3.05, 3.63) is 35.8 Å². The molecule has 0 atom stereocenters. The molecule has 0 aliphatic heterocycles.